The van der Waals surface area contributed by atoms with Crippen molar-refractivity contribution in [3.05, 3.63) is 41.4 Å². The molecule has 4 atom stereocenters. The van der Waals surface area contributed by atoms with Crippen LogP contribution >= 0.6 is 11.6 Å². The number of fused-ring (bicyclic) bond motifs is 1. The van der Waals surface area contributed by atoms with Crippen molar-refractivity contribution >= 4 is 40.4 Å². The van der Waals surface area contributed by atoms with E-state index in [1.54, 1.807) is 23.1 Å². The summed E-state index contributed by atoms with van der Waals surface area (Å²) in [6.07, 6.45) is -0.340. The van der Waals surface area contributed by atoms with Gasteiger partial charge in [-0.3, -0.25) is 14.2 Å². The Balaban J connectivity index is 1.29. The standard InChI is InChI=1S/C25H32ClN9O5/c1-28-24(38)21-18(27)20(37)25(40-21)35-13-32-19-22(30-12-31-23(19)35)29-10-14-9-15(26)3-4-16(14)39-11-17(36)34-7-5-33(2)6-8-34/h3-4,9,12-13,18,20-21,25,37H,5-8,10-11,27H2,1-2H3,(H,28,38)(H,29,30,31)/t18-,20+,21-,25+/m0/s1. The Kier molecular flexibility index (Phi) is 8.32. The van der Waals surface area contributed by atoms with E-state index in [0.29, 0.717) is 40.8 Å². The van der Waals surface area contributed by atoms with Crippen LogP contribution in [0.2, 0.25) is 5.02 Å². The number of nitrogens with two attached hydrogens (primary N) is 1. The number of amides is 2. The molecule has 2 amide bonds. The van der Waals surface area contributed by atoms with Gasteiger partial charge in [0.05, 0.1) is 12.4 Å². The summed E-state index contributed by atoms with van der Waals surface area (Å²) in [5.74, 6) is 0.440. The van der Waals surface area contributed by atoms with Gasteiger partial charge in [-0.1, -0.05) is 11.6 Å². The van der Waals surface area contributed by atoms with E-state index in [1.165, 1.54) is 24.3 Å². The smallest absolute Gasteiger partial charge is 0.260 e. The highest BCUT2D eigenvalue weighted by Crippen LogP contribution is 2.32. The first kappa shape index (κ1) is 28.0. The van der Waals surface area contributed by atoms with E-state index in [9.17, 15) is 14.7 Å². The fraction of sp³-hybridized carbons (Fsp3) is 0.480. The number of anilines is 1. The van der Waals surface area contributed by atoms with Crippen LogP contribution in [0.25, 0.3) is 11.2 Å². The summed E-state index contributed by atoms with van der Waals surface area (Å²) in [6, 6.07) is 4.26. The largest absolute Gasteiger partial charge is 0.483 e. The summed E-state index contributed by atoms with van der Waals surface area (Å²) < 4.78 is 13.2. The number of nitrogens with zero attached hydrogens (tertiary/aromatic N) is 6. The van der Waals surface area contributed by atoms with Crippen LogP contribution in [0.5, 0.6) is 5.75 Å². The van der Waals surface area contributed by atoms with Gasteiger partial charge >= 0.3 is 0 Å². The highest BCUT2D eigenvalue weighted by molar-refractivity contribution is 6.30. The molecule has 2 saturated heterocycles. The summed E-state index contributed by atoms with van der Waals surface area (Å²) in [7, 11) is 3.50. The molecule has 3 aromatic rings. The maximum atomic E-state index is 12.7. The fourth-order valence-corrected chi connectivity index (χ4v) is 4.95. The molecule has 0 spiro atoms. The minimum absolute atomic E-state index is 0.0697. The van der Waals surface area contributed by atoms with Crippen molar-refractivity contribution < 1.29 is 24.2 Å². The number of hydrogen-bond donors (Lipinski definition) is 4. The van der Waals surface area contributed by atoms with Crippen molar-refractivity contribution in [1.29, 1.82) is 0 Å². The fourth-order valence-electron chi connectivity index (χ4n) is 4.76. The second-order valence-electron chi connectivity index (χ2n) is 9.75. The molecule has 2 aliphatic heterocycles. The van der Waals surface area contributed by atoms with Gasteiger partial charge in [0.15, 0.2) is 35.9 Å². The monoisotopic (exact) mass is 573 g/mol. The highest BCUT2D eigenvalue weighted by atomic mass is 35.5. The molecule has 5 rings (SSSR count). The minimum Gasteiger partial charge on any atom is -0.483 e. The molecule has 214 valence electrons. The third-order valence-corrected chi connectivity index (χ3v) is 7.37. The molecule has 0 bridgehead atoms. The topological polar surface area (TPSA) is 173 Å². The maximum absolute atomic E-state index is 12.7. The van der Waals surface area contributed by atoms with Crippen molar-refractivity contribution in [1.82, 2.24) is 34.6 Å². The van der Waals surface area contributed by atoms with Crippen molar-refractivity contribution in [2.45, 2.75) is 31.0 Å². The van der Waals surface area contributed by atoms with Gasteiger partial charge in [0.25, 0.3) is 11.8 Å². The molecule has 0 saturated carbocycles. The zero-order valence-electron chi connectivity index (χ0n) is 22.2. The van der Waals surface area contributed by atoms with E-state index in [0.717, 1.165) is 18.7 Å². The Morgan fingerprint density at radius 1 is 1.23 bits per heavy atom. The summed E-state index contributed by atoms with van der Waals surface area (Å²) in [5, 5.41) is 16.9. The number of carbonyl (C=O) groups is 2. The van der Waals surface area contributed by atoms with E-state index in [2.05, 4.69) is 30.5 Å². The van der Waals surface area contributed by atoms with Crippen LogP contribution in [-0.2, 0) is 20.9 Å². The molecular weight excluding hydrogens is 542 g/mol. The molecule has 2 fully saturated rings. The number of rotatable bonds is 8. The predicted molar refractivity (Wildman–Crippen MR) is 146 cm³/mol. The summed E-state index contributed by atoms with van der Waals surface area (Å²) in [4.78, 5) is 41.8. The number of piperazine rings is 1. The molecule has 0 unspecified atom stereocenters. The van der Waals surface area contributed by atoms with Gasteiger partial charge in [0.2, 0.25) is 0 Å². The average Bonchev–Trinajstić information content (AvgIpc) is 3.52. The van der Waals surface area contributed by atoms with Crippen LogP contribution in [0.1, 0.15) is 11.8 Å². The lowest BCUT2D eigenvalue weighted by molar-refractivity contribution is -0.135. The number of likely N-dealkylation sites (N-methyl/N-ethyl adjacent to an activating group) is 2. The molecule has 1 aromatic carbocycles. The molecule has 2 aliphatic rings. The number of ether oxygens (including phenoxy) is 2. The van der Waals surface area contributed by atoms with E-state index >= 15 is 0 Å². The second kappa shape index (κ2) is 11.9. The van der Waals surface area contributed by atoms with Crippen molar-refractivity contribution in [3.8, 4) is 5.75 Å². The second-order valence-corrected chi connectivity index (χ2v) is 10.2. The molecule has 2 aromatic heterocycles. The van der Waals surface area contributed by atoms with Gasteiger partial charge in [-0.15, -0.1) is 0 Å². The number of imidazole rings is 1. The average molecular weight is 574 g/mol. The number of aliphatic hydroxyl groups excluding tert-OH is 1. The van der Waals surface area contributed by atoms with Gasteiger partial charge in [-0.25, -0.2) is 15.0 Å². The first-order valence-electron chi connectivity index (χ1n) is 12.9. The van der Waals surface area contributed by atoms with E-state index in [1.807, 2.05) is 7.05 Å². The van der Waals surface area contributed by atoms with Crippen LogP contribution in [0.4, 0.5) is 5.82 Å². The Labute approximate surface area is 235 Å². The third kappa shape index (κ3) is 5.67. The third-order valence-electron chi connectivity index (χ3n) is 7.14. The minimum atomic E-state index is -1.16. The van der Waals surface area contributed by atoms with Gasteiger partial charge in [0.1, 0.15) is 18.2 Å². The zero-order chi connectivity index (χ0) is 28.4. The molecule has 40 heavy (non-hydrogen) atoms. The predicted octanol–water partition coefficient (Wildman–Crippen LogP) is -0.424. The lowest BCUT2D eigenvalue weighted by Crippen LogP contribution is -2.48. The van der Waals surface area contributed by atoms with E-state index in [4.69, 9.17) is 26.8 Å². The number of nitrogens with one attached hydrogen (secondary N) is 2. The lowest BCUT2D eigenvalue weighted by Gasteiger charge is -2.32. The molecule has 14 nitrogen and oxygen atoms in total. The molecule has 15 heteroatoms. The van der Waals surface area contributed by atoms with Crippen LogP contribution in [0, 0.1) is 0 Å². The summed E-state index contributed by atoms with van der Waals surface area (Å²) in [6.45, 7) is 3.20. The van der Waals surface area contributed by atoms with Crippen LogP contribution in [-0.4, -0.2) is 111 Å². The van der Waals surface area contributed by atoms with Gasteiger partial charge in [-0.2, -0.15) is 0 Å². The number of benzene rings is 1. The molecule has 0 radical (unpaired) electrons. The zero-order valence-corrected chi connectivity index (χ0v) is 22.9. The first-order valence-corrected chi connectivity index (χ1v) is 13.2. The van der Waals surface area contributed by atoms with Crippen molar-refractivity contribution in [2.24, 2.45) is 5.73 Å². The number of halogens is 1. The normalized spacial score (nSPS) is 23.4. The van der Waals surface area contributed by atoms with E-state index in [-0.39, 0.29) is 19.1 Å². The van der Waals surface area contributed by atoms with Crippen molar-refractivity contribution in [3.63, 3.8) is 0 Å². The van der Waals surface area contributed by atoms with Gasteiger partial charge in [-0.05, 0) is 25.2 Å². The van der Waals surface area contributed by atoms with Gasteiger partial charge in [0, 0.05) is 50.4 Å². The number of aromatic nitrogens is 4. The van der Waals surface area contributed by atoms with Crippen LogP contribution < -0.4 is 21.1 Å². The van der Waals surface area contributed by atoms with Crippen LogP contribution in [0.3, 0.4) is 0 Å². The summed E-state index contributed by atoms with van der Waals surface area (Å²) >= 11 is 6.26. The Bertz CT molecular complexity index is 1380. The Morgan fingerprint density at radius 2 is 2.00 bits per heavy atom. The molecule has 0 aliphatic carbocycles. The Morgan fingerprint density at radius 3 is 2.75 bits per heavy atom. The maximum Gasteiger partial charge on any atom is 0.260 e. The van der Waals surface area contributed by atoms with E-state index < -0.39 is 30.4 Å². The van der Waals surface area contributed by atoms with Gasteiger partial charge < -0.3 is 40.7 Å². The van der Waals surface area contributed by atoms with Crippen LogP contribution in [0.15, 0.2) is 30.9 Å². The number of carbonyl (C=O) groups excluding carboxylic acids is 2. The number of hydrogen-bond acceptors (Lipinski definition) is 11. The summed E-state index contributed by atoms with van der Waals surface area (Å²) in [5.41, 5.74) is 7.56. The quantitative estimate of drug-likeness (QED) is 0.275. The number of aliphatic hydroxyl groups is 1. The highest BCUT2D eigenvalue weighted by Gasteiger charge is 2.46. The SMILES string of the molecule is CNC(=O)[C@H]1O[C@@H](n2cnc3c(NCc4cc(Cl)ccc4OCC(=O)N4CCN(C)CC4)ncnc32)[C@H](O)[C@@H]1N. The van der Waals surface area contributed by atoms with Crippen molar-refractivity contribution in [2.75, 3.05) is 52.2 Å². The lowest BCUT2D eigenvalue weighted by atomic mass is 10.1. The Hall–Kier alpha value is -3.56. The molecule has 4 heterocycles. The first-order chi connectivity index (χ1) is 19.3. The molecule has 5 N–H and O–H groups in total. The molecular formula is C25H32ClN9O5.